The van der Waals surface area contributed by atoms with E-state index in [2.05, 4.69) is 20.6 Å². The Morgan fingerprint density at radius 1 is 1.06 bits per heavy atom. The summed E-state index contributed by atoms with van der Waals surface area (Å²) in [6, 6.07) is 5.48. The topological polar surface area (TPSA) is 134 Å². The van der Waals surface area contributed by atoms with Gasteiger partial charge in [0.2, 0.25) is 5.91 Å². The number of hydrogen-bond donors (Lipinski definition) is 3. The maximum atomic E-state index is 13.3. The number of amides is 2. The van der Waals surface area contributed by atoms with E-state index in [4.69, 9.17) is 9.90 Å². The highest BCUT2D eigenvalue weighted by atomic mass is 16.3. The highest BCUT2D eigenvalue weighted by molar-refractivity contribution is 6.09. The number of anilines is 1. The zero-order chi connectivity index (χ0) is 23.8. The molecule has 1 aromatic heterocycles. The fraction of sp³-hybridized carbons (Fsp3) is 0.542. The van der Waals surface area contributed by atoms with Crippen LogP contribution in [0.4, 0.5) is 5.69 Å². The molecule has 2 saturated carbocycles. The second-order valence-electron chi connectivity index (χ2n) is 9.69. The highest BCUT2D eigenvalue weighted by Gasteiger charge is 2.37. The van der Waals surface area contributed by atoms with Gasteiger partial charge in [0, 0.05) is 36.9 Å². The Morgan fingerprint density at radius 2 is 1.74 bits per heavy atom. The maximum Gasteiger partial charge on any atom is 0.290 e. The summed E-state index contributed by atoms with van der Waals surface area (Å²) in [6.07, 6.45) is 5.81. The Kier molecular flexibility index (Phi) is 6.07. The molecule has 2 bridgehead atoms. The van der Waals surface area contributed by atoms with E-state index in [0.29, 0.717) is 22.5 Å². The molecule has 10 nitrogen and oxygen atoms in total. The molecule has 3 N–H and O–H groups in total. The number of rotatable bonds is 5. The quantitative estimate of drug-likeness (QED) is 0.572. The van der Waals surface area contributed by atoms with Crippen molar-refractivity contribution in [2.24, 2.45) is 17.8 Å². The third kappa shape index (κ3) is 4.54. The number of nitrogens with zero attached hydrogens (tertiary/aromatic N) is 3. The molecule has 0 spiro atoms. The number of benzene rings is 1. The summed E-state index contributed by atoms with van der Waals surface area (Å²) < 4.78 is 1.39. The number of fused-ring (bicyclic) bond motifs is 4. The summed E-state index contributed by atoms with van der Waals surface area (Å²) in [5.41, 5.74) is 1.53. The van der Waals surface area contributed by atoms with Crippen molar-refractivity contribution in [3.63, 3.8) is 0 Å². The molecule has 34 heavy (non-hydrogen) atoms. The van der Waals surface area contributed by atoms with Crippen LogP contribution in [0, 0.1) is 17.8 Å². The Hall–Kier alpha value is -3.27. The minimum absolute atomic E-state index is 0. The average Bonchev–Trinajstić information content (AvgIpc) is 3.75. The number of carbonyl (C=O) groups is 4. The molecular formula is C24H31N5O5. The first kappa shape index (κ1) is 22.5. The minimum Gasteiger partial charge on any atom is -0.483 e. The Labute approximate surface area is 198 Å². The second-order valence-corrected chi connectivity index (χ2v) is 9.69. The van der Waals surface area contributed by atoms with Gasteiger partial charge in [-0.15, -0.1) is 0 Å². The van der Waals surface area contributed by atoms with Gasteiger partial charge < -0.3 is 20.6 Å². The summed E-state index contributed by atoms with van der Waals surface area (Å²) in [6.45, 7) is 2.84. The Morgan fingerprint density at radius 3 is 2.32 bits per heavy atom. The lowest BCUT2D eigenvalue weighted by Crippen LogP contribution is -2.57. The molecule has 0 radical (unpaired) electrons. The number of carbonyl (C=O) groups excluding carboxylic acids is 3. The Balaban J connectivity index is 0.000000689. The van der Waals surface area contributed by atoms with Gasteiger partial charge in [0.1, 0.15) is 0 Å². The van der Waals surface area contributed by atoms with Crippen LogP contribution >= 0.6 is 0 Å². The summed E-state index contributed by atoms with van der Waals surface area (Å²) in [5, 5.41) is 18.1. The van der Waals surface area contributed by atoms with E-state index in [1.807, 2.05) is 0 Å². The van der Waals surface area contributed by atoms with Crippen molar-refractivity contribution < 1.29 is 25.7 Å². The predicted molar refractivity (Wildman–Crippen MR) is 126 cm³/mol. The van der Waals surface area contributed by atoms with Gasteiger partial charge >= 0.3 is 0 Å². The number of hydrogen-bond acceptors (Lipinski definition) is 6. The fourth-order valence-electron chi connectivity index (χ4n) is 4.99. The number of nitrogens with one attached hydrogen (secondary N) is 2. The molecular weight excluding hydrogens is 438 g/mol. The van der Waals surface area contributed by atoms with E-state index in [-0.39, 0.29) is 49.2 Å². The van der Waals surface area contributed by atoms with Crippen molar-refractivity contribution in [2.45, 2.75) is 44.6 Å². The normalized spacial score (nSPS) is 25.2. The van der Waals surface area contributed by atoms with Crippen LogP contribution in [-0.4, -0.2) is 69.7 Å². The van der Waals surface area contributed by atoms with Crippen LogP contribution < -0.4 is 10.6 Å². The molecule has 5 fully saturated rings. The lowest BCUT2D eigenvalue weighted by Gasteiger charge is -2.44. The largest absolute Gasteiger partial charge is 0.483 e. The molecule has 7 rings (SSSR count). The van der Waals surface area contributed by atoms with Crippen LogP contribution in [0.2, 0.25) is 0 Å². The van der Waals surface area contributed by atoms with Gasteiger partial charge in [0.25, 0.3) is 18.3 Å². The molecule has 3 aliphatic heterocycles. The van der Waals surface area contributed by atoms with Gasteiger partial charge in [-0.2, -0.15) is 9.78 Å². The van der Waals surface area contributed by atoms with Crippen LogP contribution in [-0.2, 0) is 9.59 Å². The highest BCUT2D eigenvalue weighted by Crippen LogP contribution is 2.34. The predicted octanol–water partition coefficient (Wildman–Crippen LogP) is 2.21. The summed E-state index contributed by atoms with van der Waals surface area (Å²) in [4.78, 5) is 49.0. The van der Waals surface area contributed by atoms with E-state index < -0.39 is 0 Å². The first-order valence-corrected chi connectivity index (χ1v) is 12.0. The van der Waals surface area contributed by atoms with E-state index in [1.165, 1.54) is 4.68 Å². The molecule has 5 aliphatic rings. The van der Waals surface area contributed by atoms with Gasteiger partial charge in [-0.3, -0.25) is 19.2 Å². The first-order valence-electron chi connectivity index (χ1n) is 12.0. The summed E-state index contributed by atoms with van der Waals surface area (Å²) in [7, 11) is 0. The third-order valence-corrected chi connectivity index (χ3v) is 7.22. The molecule has 2 aromatic rings. The van der Waals surface area contributed by atoms with Crippen molar-refractivity contribution in [3.8, 4) is 0 Å². The zero-order valence-electron chi connectivity index (χ0n) is 18.9. The lowest BCUT2D eigenvalue weighted by atomic mass is 9.84. The molecule has 182 valence electrons. The molecule has 2 amide bonds. The van der Waals surface area contributed by atoms with Gasteiger partial charge in [-0.05, 0) is 75.7 Å². The second kappa shape index (κ2) is 9.17. The third-order valence-electron chi connectivity index (χ3n) is 7.22. The SMILES string of the molecule is O=C(N[C@@H]1CN2CCC1CC2)c1nn(C(=O)C2CC2)c2ccc(NC(=O)C3CC3)cc12.O=CO.[HH]. The van der Waals surface area contributed by atoms with Crippen LogP contribution in [0.1, 0.15) is 55.2 Å². The fourth-order valence-corrected chi connectivity index (χ4v) is 4.99. The molecule has 3 saturated heterocycles. The van der Waals surface area contributed by atoms with Crippen LogP contribution in [0.5, 0.6) is 0 Å². The summed E-state index contributed by atoms with van der Waals surface area (Å²) >= 11 is 0. The van der Waals surface area contributed by atoms with Crippen LogP contribution in [0.25, 0.3) is 10.9 Å². The van der Waals surface area contributed by atoms with Crippen LogP contribution in [0.15, 0.2) is 18.2 Å². The van der Waals surface area contributed by atoms with Gasteiger partial charge in [0.15, 0.2) is 5.69 Å². The molecule has 2 aliphatic carbocycles. The Bertz CT molecular complexity index is 1130. The zero-order valence-corrected chi connectivity index (χ0v) is 18.9. The summed E-state index contributed by atoms with van der Waals surface area (Å²) in [5.74, 6) is 0.311. The van der Waals surface area contributed by atoms with Gasteiger partial charge in [0.05, 0.1) is 5.52 Å². The van der Waals surface area contributed by atoms with Crippen molar-refractivity contribution >= 4 is 40.8 Å². The smallest absolute Gasteiger partial charge is 0.290 e. The minimum atomic E-state index is -0.250. The van der Waals surface area contributed by atoms with Gasteiger partial charge in [-0.25, -0.2) is 0 Å². The van der Waals surface area contributed by atoms with Crippen molar-refractivity contribution in [3.05, 3.63) is 23.9 Å². The molecule has 10 heteroatoms. The monoisotopic (exact) mass is 469 g/mol. The average molecular weight is 470 g/mol. The number of piperidine rings is 3. The van der Waals surface area contributed by atoms with Crippen molar-refractivity contribution in [1.29, 1.82) is 0 Å². The van der Waals surface area contributed by atoms with E-state index in [1.54, 1.807) is 18.2 Å². The first-order chi connectivity index (χ1) is 16.5. The van der Waals surface area contributed by atoms with Crippen molar-refractivity contribution in [1.82, 2.24) is 20.0 Å². The molecule has 0 unspecified atom stereocenters. The van der Waals surface area contributed by atoms with E-state index in [0.717, 1.165) is 58.2 Å². The standard InChI is InChI=1S/C23H27N5O3.CH2O2.H2/c29-21(14-1-2-14)24-16-5-6-19-17(11-16)20(26-28(19)23(31)15-3-4-15)22(30)25-18-12-27-9-7-13(18)8-10-27;2-1-3;/h5-6,11,13-15,18H,1-4,7-10,12H2,(H,24,29)(H,25,30);1H,(H,2,3);1H/t18-;;/m1../s1. The van der Waals surface area contributed by atoms with Gasteiger partial charge in [-0.1, -0.05) is 0 Å². The van der Waals surface area contributed by atoms with Crippen molar-refractivity contribution in [2.75, 3.05) is 25.0 Å². The van der Waals surface area contributed by atoms with Crippen LogP contribution in [0.3, 0.4) is 0 Å². The van der Waals surface area contributed by atoms with E-state index in [9.17, 15) is 14.4 Å². The number of aromatic nitrogens is 2. The van der Waals surface area contributed by atoms with E-state index >= 15 is 0 Å². The molecule has 1 aromatic carbocycles. The maximum absolute atomic E-state index is 13.3. The number of carboxylic acid groups (broad SMARTS) is 1. The lowest BCUT2D eigenvalue weighted by molar-refractivity contribution is -0.123. The molecule has 4 heterocycles. The molecule has 1 atom stereocenters.